The highest BCUT2D eigenvalue weighted by atomic mass is 32.2. The number of fused-ring (bicyclic) bond motifs is 2. The van der Waals surface area contributed by atoms with Gasteiger partial charge in [0.1, 0.15) is 22.8 Å². The second kappa shape index (κ2) is 8.81. The molecule has 1 N–H and O–H groups in total. The number of aromatic nitrogens is 4. The lowest BCUT2D eigenvalue weighted by atomic mass is 10.2. The zero-order chi connectivity index (χ0) is 23.9. The predicted molar refractivity (Wildman–Crippen MR) is 127 cm³/mol. The first-order chi connectivity index (χ1) is 15.7. The normalized spacial score (nSPS) is 13.4. The van der Waals surface area contributed by atoms with E-state index in [1.807, 2.05) is 13.8 Å². The minimum absolute atomic E-state index is 0.0420. The molecule has 11 heteroatoms. The van der Waals surface area contributed by atoms with Crippen LogP contribution in [-0.2, 0) is 23.2 Å². The van der Waals surface area contributed by atoms with Crippen LogP contribution >= 0.6 is 11.8 Å². The van der Waals surface area contributed by atoms with Crippen LogP contribution in [0.2, 0.25) is 0 Å². The summed E-state index contributed by atoms with van der Waals surface area (Å²) in [5.41, 5.74) is 0.506. The number of aryl methyl sites for hydroxylation is 1. The van der Waals surface area contributed by atoms with Gasteiger partial charge < -0.3 is 10.2 Å². The van der Waals surface area contributed by atoms with E-state index in [1.165, 1.54) is 16.5 Å². The lowest BCUT2D eigenvalue weighted by Crippen LogP contribution is -2.43. The minimum Gasteiger partial charge on any atom is -0.323 e. The van der Waals surface area contributed by atoms with E-state index in [9.17, 15) is 19.2 Å². The third-order valence-corrected chi connectivity index (χ3v) is 6.17. The average molecular weight is 469 g/mol. The Balaban J connectivity index is 1.72. The summed E-state index contributed by atoms with van der Waals surface area (Å²) < 4.78 is 2.52. The van der Waals surface area contributed by atoms with Gasteiger partial charge in [0.25, 0.3) is 5.56 Å². The van der Waals surface area contributed by atoms with Gasteiger partial charge in [0, 0.05) is 13.6 Å². The van der Waals surface area contributed by atoms with Crippen molar-refractivity contribution >= 4 is 46.0 Å². The average Bonchev–Trinajstić information content (AvgIpc) is 2.77. The number of rotatable bonds is 5. The van der Waals surface area contributed by atoms with Crippen LogP contribution in [0.3, 0.4) is 0 Å². The summed E-state index contributed by atoms with van der Waals surface area (Å²) in [5, 5.41) is 3.29. The van der Waals surface area contributed by atoms with Crippen LogP contribution in [0.1, 0.15) is 19.7 Å². The van der Waals surface area contributed by atoms with Gasteiger partial charge in [-0.3, -0.25) is 23.5 Å². The minimum atomic E-state index is -0.507. The molecule has 2 amide bonds. The molecule has 0 saturated heterocycles. The zero-order valence-corrected chi connectivity index (χ0v) is 19.6. The maximum absolute atomic E-state index is 13.1. The van der Waals surface area contributed by atoms with Crippen molar-refractivity contribution in [3.8, 4) is 0 Å². The van der Waals surface area contributed by atoms with Crippen molar-refractivity contribution in [1.29, 1.82) is 0 Å². The third kappa shape index (κ3) is 4.28. The summed E-state index contributed by atoms with van der Waals surface area (Å²) in [7, 11) is 1.42. The van der Waals surface area contributed by atoms with Crippen LogP contribution in [0.5, 0.6) is 0 Å². The number of benzene rings is 1. The maximum atomic E-state index is 13.1. The molecule has 4 rings (SSSR count). The van der Waals surface area contributed by atoms with Crippen molar-refractivity contribution in [2.75, 3.05) is 22.5 Å². The fraction of sp³-hybridized carbons (Fsp3) is 0.364. The summed E-state index contributed by atoms with van der Waals surface area (Å²) in [6, 6.07) is 7.08. The number of hydrogen-bond donors (Lipinski definition) is 1. The van der Waals surface area contributed by atoms with E-state index < -0.39 is 11.2 Å². The summed E-state index contributed by atoms with van der Waals surface area (Å²) in [6.07, 6.45) is 0. The number of carbonyl (C=O) groups is 2. The number of amides is 2. The van der Waals surface area contributed by atoms with Crippen molar-refractivity contribution in [2.24, 2.45) is 13.0 Å². The number of carbonyl (C=O) groups excluding carboxylic acids is 2. The van der Waals surface area contributed by atoms with E-state index >= 15 is 0 Å². The Bertz CT molecular complexity index is 1390. The highest BCUT2D eigenvalue weighted by Gasteiger charge is 2.27. The molecule has 3 heterocycles. The molecule has 0 bridgehead atoms. The number of anilines is 2. The lowest BCUT2D eigenvalue weighted by molar-refractivity contribution is -0.120. The van der Waals surface area contributed by atoms with E-state index in [4.69, 9.17) is 0 Å². The van der Waals surface area contributed by atoms with Crippen LogP contribution in [0.25, 0.3) is 11.0 Å². The van der Waals surface area contributed by atoms with Crippen molar-refractivity contribution in [3.05, 3.63) is 50.9 Å². The Hall–Kier alpha value is -3.47. The van der Waals surface area contributed by atoms with Gasteiger partial charge in [0.2, 0.25) is 11.8 Å². The molecule has 0 atom stereocenters. The molecule has 1 aliphatic rings. The smallest absolute Gasteiger partial charge is 0.323 e. The number of thioether (sulfide) groups is 1. The second-order valence-electron chi connectivity index (χ2n) is 8.26. The van der Waals surface area contributed by atoms with E-state index in [0.29, 0.717) is 28.8 Å². The highest BCUT2D eigenvalue weighted by molar-refractivity contribution is 8.00. The number of para-hydroxylation sites is 2. The number of nitrogens with one attached hydrogen (secondary N) is 1. The van der Waals surface area contributed by atoms with E-state index in [2.05, 4.69) is 15.3 Å². The summed E-state index contributed by atoms with van der Waals surface area (Å²) in [4.78, 5) is 61.1. The van der Waals surface area contributed by atoms with Gasteiger partial charge in [0.15, 0.2) is 5.65 Å². The van der Waals surface area contributed by atoms with E-state index in [1.54, 1.807) is 31.2 Å². The highest BCUT2D eigenvalue weighted by Crippen LogP contribution is 2.30. The fourth-order valence-corrected chi connectivity index (χ4v) is 4.67. The molecule has 172 valence electrons. The molecule has 2 aromatic heterocycles. The van der Waals surface area contributed by atoms with Gasteiger partial charge in [-0.25, -0.2) is 14.8 Å². The zero-order valence-electron chi connectivity index (χ0n) is 18.8. The summed E-state index contributed by atoms with van der Waals surface area (Å²) in [6.45, 7) is 5.92. The van der Waals surface area contributed by atoms with Gasteiger partial charge in [-0.05, 0) is 25.0 Å². The first-order valence-electron chi connectivity index (χ1n) is 10.5. The van der Waals surface area contributed by atoms with Crippen molar-refractivity contribution in [2.45, 2.75) is 32.3 Å². The van der Waals surface area contributed by atoms with E-state index in [0.717, 1.165) is 16.3 Å². The first-order valence-corrected chi connectivity index (χ1v) is 11.5. The van der Waals surface area contributed by atoms with Gasteiger partial charge in [0.05, 0.1) is 17.1 Å². The van der Waals surface area contributed by atoms with Crippen LogP contribution < -0.4 is 21.5 Å². The molecule has 3 aromatic rings. The molecule has 10 nitrogen and oxygen atoms in total. The van der Waals surface area contributed by atoms with Crippen molar-refractivity contribution in [3.63, 3.8) is 0 Å². The Labute approximate surface area is 193 Å². The topological polar surface area (TPSA) is 119 Å². The predicted octanol–water partition coefficient (Wildman–Crippen LogP) is 1.53. The molecule has 0 unspecified atom stereocenters. The maximum Gasteiger partial charge on any atom is 0.332 e. The Morgan fingerprint density at radius 3 is 2.64 bits per heavy atom. The number of hydrogen-bond acceptors (Lipinski definition) is 7. The van der Waals surface area contributed by atoms with Gasteiger partial charge in [-0.2, -0.15) is 0 Å². The van der Waals surface area contributed by atoms with E-state index in [-0.39, 0.29) is 41.1 Å². The molecule has 0 fully saturated rings. The quantitative estimate of drug-likeness (QED) is 0.445. The first kappa shape index (κ1) is 22.7. The summed E-state index contributed by atoms with van der Waals surface area (Å²) >= 11 is 1.10. The molecular formula is C22H24N6O4S. The van der Waals surface area contributed by atoms with Gasteiger partial charge in [-0.1, -0.05) is 37.7 Å². The largest absolute Gasteiger partial charge is 0.332 e. The van der Waals surface area contributed by atoms with Gasteiger partial charge in [-0.15, -0.1) is 0 Å². The Kier molecular flexibility index (Phi) is 6.07. The van der Waals surface area contributed by atoms with Crippen LogP contribution in [0.4, 0.5) is 11.4 Å². The molecule has 0 saturated carbocycles. The third-order valence-electron chi connectivity index (χ3n) is 5.21. The van der Waals surface area contributed by atoms with Crippen LogP contribution in [-0.4, -0.2) is 43.2 Å². The monoisotopic (exact) mass is 468 g/mol. The molecule has 1 aliphatic heterocycles. The Morgan fingerprint density at radius 2 is 1.91 bits per heavy atom. The van der Waals surface area contributed by atoms with Crippen LogP contribution in [0, 0.1) is 12.8 Å². The van der Waals surface area contributed by atoms with Crippen LogP contribution in [0.15, 0.2) is 38.9 Å². The summed E-state index contributed by atoms with van der Waals surface area (Å²) in [5.74, 6) is -0.0624. The molecule has 0 radical (unpaired) electrons. The standard InChI is InChI=1S/C22H24N6O4S/c1-12(2)9-28-19-18(21(31)26(4)22(28)32)20(24-13(3)23-19)33-11-17(30)27-10-16(29)25-14-7-5-6-8-15(14)27/h5-8,12H,9-11H2,1-4H3,(H,25,29). The fourth-order valence-electron chi connectivity index (χ4n) is 3.74. The molecule has 33 heavy (non-hydrogen) atoms. The Morgan fingerprint density at radius 1 is 1.18 bits per heavy atom. The van der Waals surface area contributed by atoms with Crippen molar-refractivity contribution in [1.82, 2.24) is 19.1 Å². The molecule has 1 aromatic carbocycles. The SMILES string of the molecule is Cc1nc(SCC(=O)N2CC(=O)Nc3ccccc32)c2c(=O)n(C)c(=O)n(CC(C)C)c2n1. The molecule has 0 spiro atoms. The van der Waals surface area contributed by atoms with Crippen molar-refractivity contribution < 1.29 is 9.59 Å². The molecular weight excluding hydrogens is 444 g/mol. The second-order valence-corrected chi connectivity index (χ2v) is 9.22. The lowest BCUT2D eigenvalue weighted by Gasteiger charge is -2.29. The molecule has 0 aliphatic carbocycles. The number of nitrogens with zero attached hydrogens (tertiary/aromatic N) is 5. The van der Waals surface area contributed by atoms with Gasteiger partial charge >= 0.3 is 5.69 Å².